The van der Waals surface area contributed by atoms with E-state index in [2.05, 4.69) is 10.0 Å². The number of carbonyl (C=O) groups excluding carboxylic acids is 1. The first kappa shape index (κ1) is 16.0. The van der Waals surface area contributed by atoms with Crippen LogP contribution in [0.5, 0.6) is 0 Å². The molecule has 0 radical (unpaired) electrons. The highest BCUT2D eigenvalue weighted by Crippen LogP contribution is 2.07. The first-order chi connectivity index (χ1) is 8.17. The summed E-state index contributed by atoms with van der Waals surface area (Å²) in [5, 5.41) is 23.3. The molecule has 9 nitrogen and oxygen atoms in total. The molecule has 0 aromatic rings. The number of rotatable bonds is 5. The Morgan fingerprint density at radius 1 is 1.50 bits per heavy atom. The molecule has 0 bridgehead atoms. The molecule has 0 aliphatic carbocycles. The highest BCUT2D eigenvalue weighted by Gasteiger charge is 2.29. The van der Waals surface area contributed by atoms with Crippen molar-refractivity contribution in [2.75, 3.05) is 6.54 Å². The van der Waals surface area contributed by atoms with Crippen LogP contribution in [0.1, 0.15) is 20.8 Å². The van der Waals surface area contributed by atoms with Crippen LogP contribution in [0.15, 0.2) is 5.11 Å². The van der Waals surface area contributed by atoms with Crippen molar-refractivity contribution in [1.29, 1.82) is 0 Å². The summed E-state index contributed by atoms with van der Waals surface area (Å²) in [5.74, 6) is -1.46. The van der Waals surface area contributed by atoms with E-state index < -0.39 is 36.4 Å². The summed E-state index contributed by atoms with van der Waals surface area (Å²) in [5.41, 5.74) is 7.27. The second-order valence-corrected chi connectivity index (χ2v) is 4.44. The van der Waals surface area contributed by atoms with E-state index >= 15 is 0 Å². The lowest BCUT2D eigenvalue weighted by atomic mass is 10.1. The van der Waals surface area contributed by atoms with Gasteiger partial charge in [0.25, 0.3) is 0 Å². The van der Waals surface area contributed by atoms with Gasteiger partial charge in [0.1, 0.15) is 5.60 Å². The number of alkyl carbamates (subject to hydrolysis) is 1. The van der Waals surface area contributed by atoms with Gasteiger partial charge in [0.2, 0.25) is 0 Å². The van der Waals surface area contributed by atoms with E-state index in [9.17, 15) is 14.7 Å². The fourth-order valence-corrected chi connectivity index (χ4v) is 0.983. The molecule has 9 heteroatoms. The van der Waals surface area contributed by atoms with Crippen molar-refractivity contribution in [1.82, 2.24) is 5.32 Å². The van der Waals surface area contributed by atoms with Gasteiger partial charge < -0.3 is 20.3 Å². The molecule has 0 saturated heterocycles. The van der Waals surface area contributed by atoms with Crippen molar-refractivity contribution >= 4 is 12.1 Å². The molecule has 0 aromatic carbocycles. The number of ether oxygens (including phenoxy) is 1. The molecule has 0 saturated carbocycles. The van der Waals surface area contributed by atoms with Gasteiger partial charge in [-0.15, -0.1) is 0 Å². The van der Waals surface area contributed by atoms with Crippen LogP contribution in [-0.4, -0.2) is 46.6 Å². The van der Waals surface area contributed by atoms with Crippen molar-refractivity contribution in [2.24, 2.45) is 5.11 Å². The van der Waals surface area contributed by atoms with Gasteiger partial charge >= 0.3 is 12.1 Å². The monoisotopic (exact) mass is 260 g/mol. The molecule has 0 heterocycles. The SMILES string of the molecule is CC(C)(C)OC(=O)N[C@H](C(=O)O)[C@H](O)CN=[N+]=[N-]. The first-order valence-corrected chi connectivity index (χ1v) is 5.08. The van der Waals surface area contributed by atoms with Crippen LogP contribution in [0.2, 0.25) is 0 Å². The summed E-state index contributed by atoms with van der Waals surface area (Å²) in [6.45, 7) is 4.36. The lowest BCUT2D eigenvalue weighted by Gasteiger charge is -2.23. The number of carboxylic acids is 1. The van der Waals surface area contributed by atoms with Gasteiger partial charge in [0, 0.05) is 4.91 Å². The van der Waals surface area contributed by atoms with Gasteiger partial charge in [0.15, 0.2) is 6.04 Å². The average Bonchev–Trinajstić information content (AvgIpc) is 2.19. The van der Waals surface area contributed by atoms with Crippen molar-refractivity contribution in [3.05, 3.63) is 10.4 Å². The Labute approximate surface area is 103 Å². The summed E-state index contributed by atoms with van der Waals surface area (Å²) >= 11 is 0. The smallest absolute Gasteiger partial charge is 0.408 e. The second kappa shape index (κ2) is 6.67. The number of carboxylic acid groups (broad SMARTS) is 1. The maximum atomic E-state index is 11.3. The lowest BCUT2D eigenvalue weighted by Crippen LogP contribution is -2.51. The number of hydrogen-bond donors (Lipinski definition) is 3. The van der Waals surface area contributed by atoms with Crippen LogP contribution in [0.4, 0.5) is 4.79 Å². The van der Waals surface area contributed by atoms with E-state index in [1.807, 2.05) is 5.32 Å². The van der Waals surface area contributed by atoms with Gasteiger partial charge in [-0.2, -0.15) is 0 Å². The van der Waals surface area contributed by atoms with Crippen molar-refractivity contribution in [2.45, 2.75) is 38.5 Å². The molecule has 0 unspecified atom stereocenters. The van der Waals surface area contributed by atoms with Crippen molar-refractivity contribution in [3.8, 4) is 0 Å². The normalized spacial score (nSPS) is 14.0. The van der Waals surface area contributed by atoms with Gasteiger partial charge in [0.05, 0.1) is 12.6 Å². The van der Waals surface area contributed by atoms with Gasteiger partial charge in [-0.25, -0.2) is 9.59 Å². The second-order valence-electron chi connectivity index (χ2n) is 4.44. The fraction of sp³-hybridized carbons (Fsp3) is 0.778. The molecule has 3 N–H and O–H groups in total. The third-order valence-corrected chi connectivity index (χ3v) is 1.66. The largest absolute Gasteiger partial charge is 0.480 e. The number of nitrogens with zero attached hydrogens (tertiary/aromatic N) is 3. The number of amides is 1. The Bertz CT molecular complexity index is 358. The third kappa shape index (κ3) is 6.56. The van der Waals surface area contributed by atoms with Crippen LogP contribution >= 0.6 is 0 Å². The molecule has 0 aromatic heterocycles. The number of aliphatic carboxylic acids is 1. The maximum Gasteiger partial charge on any atom is 0.408 e. The predicted octanol–water partition coefficient (Wildman–Crippen LogP) is 0.635. The number of hydrogen-bond acceptors (Lipinski definition) is 5. The number of carbonyl (C=O) groups is 2. The summed E-state index contributed by atoms with van der Waals surface area (Å²) in [6, 6.07) is -1.61. The Morgan fingerprint density at radius 2 is 2.06 bits per heavy atom. The number of azide groups is 1. The van der Waals surface area contributed by atoms with E-state index in [1.165, 1.54) is 0 Å². The fourth-order valence-electron chi connectivity index (χ4n) is 0.983. The molecular formula is C9H16N4O5. The molecule has 1 amide bonds. The summed E-state index contributed by atoms with van der Waals surface area (Å²) in [4.78, 5) is 24.6. The minimum Gasteiger partial charge on any atom is -0.480 e. The quantitative estimate of drug-likeness (QED) is 0.377. The van der Waals surface area contributed by atoms with Gasteiger partial charge in [-0.3, -0.25) is 0 Å². The van der Waals surface area contributed by atoms with E-state index in [4.69, 9.17) is 15.4 Å². The Kier molecular flexibility index (Phi) is 5.94. The Hall–Kier alpha value is -1.99. The van der Waals surface area contributed by atoms with E-state index in [0.717, 1.165) is 0 Å². The lowest BCUT2D eigenvalue weighted by molar-refractivity contribution is -0.142. The van der Waals surface area contributed by atoms with Crippen LogP contribution in [-0.2, 0) is 9.53 Å². The zero-order valence-corrected chi connectivity index (χ0v) is 10.3. The van der Waals surface area contributed by atoms with E-state index in [-0.39, 0.29) is 0 Å². The Balaban J connectivity index is 4.58. The molecule has 0 aliphatic heterocycles. The third-order valence-electron chi connectivity index (χ3n) is 1.66. The average molecular weight is 260 g/mol. The topological polar surface area (TPSA) is 145 Å². The zero-order chi connectivity index (χ0) is 14.3. The molecule has 0 fully saturated rings. The molecule has 2 atom stereocenters. The minimum absolute atomic E-state index is 0.469. The Morgan fingerprint density at radius 3 is 2.44 bits per heavy atom. The molecule has 0 spiro atoms. The molecular weight excluding hydrogens is 244 g/mol. The first-order valence-electron chi connectivity index (χ1n) is 5.08. The molecule has 18 heavy (non-hydrogen) atoms. The van der Waals surface area contributed by atoms with Crippen LogP contribution in [0, 0.1) is 0 Å². The van der Waals surface area contributed by atoms with Crippen molar-refractivity contribution in [3.63, 3.8) is 0 Å². The number of aliphatic hydroxyl groups excluding tert-OH is 1. The van der Waals surface area contributed by atoms with Crippen LogP contribution < -0.4 is 5.32 Å². The summed E-state index contributed by atoms with van der Waals surface area (Å²) in [7, 11) is 0. The minimum atomic E-state index is -1.61. The zero-order valence-electron chi connectivity index (χ0n) is 10.3. The molecule has 0 aliphatic rings. The van der Waals surface area contributed by atoms with Gasteiger partial charge in [-0.05, 0) is 26.3 Å². The number of nitrogens with one attached hydrogen (secondary N) is 1. The van der Waals surface area contributed by atoms with E-state index in [1.54, 1.807) is 20.8 Å². The maximum absolute atomic E-state index is 11.3. The van der Waals surface area contributed by atoms with Crippen LogP contribution in [0.25, 0.3) is 10.4 Å². The standard InChI is InChI=1S/C9H16N4O5/c1-9(2,3)18-8(17)12-6(7(15)16)5(14)4-11-13-10/h5-6,14H,4H2,1-3H3,(H,12,17)(H,15,16)/t5-,6+/m1/s1. The highest BCUT2D eigenvalue weighted by atomic mass is 16.6. The molecule has 102 valence electrons. The van der Waals surface area contributed by atoms with Gasteiger partial charge in [-0.1, -0.05) is 5.11 Å². The van der Waals surface area contributed by atoms with E-state index in [0.29, 0.717) is 0 Å². The predicted molar refractivity (Wildman–Crippen MR) is 60.8 cm³/mol. The number of aliphatic hydroxyl groups is 1. The van der Waals surface area contributed by atoms with Crippen molar-refractivity contribution < 1.29 is 24.5 Å². The summed E-state index contributed by atoms with van der Waals surface area (Å²) < 4.78 is 4.85. The summed E-state index contributed by atoms with van der Waals surface area (Å²) in [6.07, 6.45) is -2.51. The highest BCUT2D eigenvalue weighted by molar-refractivity contribution is 5.80. The van der Waals surface area contributed by atoms with Crippen LogP contribution in [0.3, 0.4) is 0 Å². The molecule has 0 rings (SSSR count).